The monoisotopic (exact) mass is 343 g/mol. The number of likely N-dealkylation sites (N-methyl/N-ethyl adjacent to an activating group) is 1. The van der Waals surface area contributed by atoms with Gasteiger partial charge in [-0.2, -0.15) is 5.10 Å². The normalized spacial score (nSPS) is 19.4. The minimum absolute atomic E-state index is 0.0671. The predicted octanol–water partition coefficient (Wildman–Crippen LogP) is 2.89. The van der Waals surface area contributed by atoms with Crippen LogP contribution in [0.2, 0.25) is 0 Å². The van der Waals surface area contributed by atoms with Crippen molar-refractivity contribution in [2.24, 2.45) is 0 Å². The van der Waals surface area contributed by atoms with Crippen molar-refractivity contribution in [3.63, 3.8) is 0 Å². The van der Waals surface area contributed by atoms with E-state index in [1.54, 1.807) is 11.9 Å². The molecule has 0 saturated heterocycles. The molecule has 3 rings (SSSR count). The van der Waals surface area contributed by atoms with Gasteiger partial charge in [0.1, 0.15) is 12.4 Å². The number of nitrogens with one attached hydrogen (secondary N) is 1. The van der Waals surface area contributed by atoms with E-state index < -0.39 is 0 Å². The second-order valence-corrected chi connectivity index (χ2v) is 6.60. The fourth-order valence-electron chi connectivity index (χ4n) is 3.14. The summed E-state index contributed by atoms with van der Waals surface area (Å²) in [5, 5.41) is 7.21. The fourth-order valence-corrected chi connectivity index (χ4v) is 3.14. The first-order valence-electron chi connectivity index (χ1n) is 8.64. The average Bonchev–Trinajstić information content (AvgIpc) is 2.99. The van der Waals surface area contributed by atoms with Crippen molar-refractivity contribution < 1.29 is 14.3 Å². The van der Waals surface area contributed by atoms with Crippen LogP contribution in [0.1, 0.15) is 47.3 Å². The van der Waals surface area contributed by atoms with Crippen LogP contribution in [0.25, 0.3) is 0 Å². The number of aromatic nitrogens is 2. The minimum Gasteiger partial charge on any atom is -0.491 e. The van der Waals surface area contributed by atoms with Crippen LogP contribution in [-0.2, 0) is 11.2 Å². The molecule has 1 aromatic carbocycles. The molecule has 25 heavy (non-hydrogen) atoms. The van der Waals surface area contributed by atoms with Gasteiger partial charge in [-0.3, -0.25) is 9.89 Å². The lowest BCUT2D eigenvalue weighted by molar-refractivity contribution is -0.00701. The molecule has 0 saturated carbocycles. The standard InChI is InChI=1S/C19H25N3O3/c1-12-7-5-6-8-16(12)24-10-9-22(4)19(23)18-15-11-13(2)25-14(3)17(15)20-21-18/h5-8,13-14H,9-11H2,1-4H3,(H,20,21)/t13-,14+/m1/s1. The van der Waals surface area contributed by atoms with E-state index in [0.717, 1.165) is 22.6 Å². The van der Waals surface area contributed by atoms with Gasteiger partial charge in [-0.25, -0.2) is 0 Å². The highest BCUT2D eigenvalue weighted by Crippen LogP contribution is 2.30. The van der Waals surface area contributed by atoms with E-state index in [4.69, 9.17) is 9.47 Å². The van der Waals surface area contributed by atoms with E-state index >= 15 is 0 Å². The van der Waals surface area contributed by atoms with Crippen molar-refractivity contribution in [3.05, 3.63) is 46.8 Å². The van der Waals surface area contributed by atoms with Gasteiger partial charge < -0.3 is 14.4 Å². The van der Waals surface area contributed by atoms with Crippen LogP contribution in [0.3, 0.4) is 0 Å². The summed E-state index contributed by atoms with van der Waals surface area (Å²) in [4.78, 5) is 14.4. The van der Waals surface area contributed by atoms with E-state index in [1.165, 1.54) is 0 Å². The molecule has 2 atom stereocenters. The third-order valence-electron chi connectivity index (χ3n) is 4.56. The molecule has 2 aromatic rings. The number of carbonyl (C=O) groups excluding carboxylic acids is 1. The number of fused-ring (bicyclic) bond motifs is 1. The molecule has 1 N–H and O–H groups in total. The summed E-state index contributed by atoms with van der Waals surface area (Å²) < 4.78 is 11.6. The van der Waals surface area contributed by atoms with E-state index in [0.29, 0.717) is 25.3 Å². The maximum Gasteiger partial charge on any atom is 0.274 e. The molecule has 1 amide bonds. The molecule has 0 unspecified atom stereocenters. The molecular formula is C19H25N3O3. The van der Waals surface area contributed by atoms with Crippen LogP contribution in [0.15, 0.2) is 24.3 Å². The number of carbonyl (C=O) groups is 1. The second-order valence-electron chi connectivity index (χ2n) is 6.60. The van der Waals surface area contributed by atoms with E-state index in [2.05, 4.69) is 10.2 Å². The van der Waals surface area contributed by atoms with Gasteiger partial charge in [-0.1, -0.05) is 18.2 Å². The number of para-hydroxylation sites is 1. The number of H-pyrrole nitrogens is 1. The minimum atomic E-state index is -0.0906. The Morgan fingerprint density at radius 3 is 2.92 bits per heavy atom. The highest BCUT2D eigenvalue weighted by atomic mass is 16.5. The molecule has 1 aromatic heterocycles. The smallest absolute Gasteiger partial charge is 0.274 e. The third-order valence-corrected chi connectivity index (χ3v) is 4.56. The molecule has 6 nitrogen and oxygen atoms in total. The van der Waals surface area contributed by atoms with Gasteiger partial charge in [-0.05, 0) is 32.4 Å². The Bertz CT molecular complexity index is 756. The van der Waals surface area contributed by atoms with Crippen LogP contribution in [0, 0.1) is 6.92 Å². The van der Waals surface area contributed by atoms with Gasteiger partial charge in [0.15, 0.2) is 5.69 Å². The molecule has 134 valence electrons. The van der Waals surface area contributed by atoms with Gasteiger partial charge in [0.2, 0.25) is 0 Å². The number of aromatic amines is 1. The summed E-state index contributed by atoms with van der Waals surface area (Å²) in [6.45, 7) is 6.93. The molecule has 0 aliphatic carbocycles. The van der Waals surface area contributed by atoms with E-state index in [9.17, 15) is 4.79 Å². The van der Waals surface area contributed by atoms with Crippen LogP contribution in [-0.4, -0.2) is 47.3 Å². The largest absolute Gasteiger partial charge is 0.491 e. The number of nitrogens with zero attached hydrogens (tertiary/aromatic N) is 2. The molecule has 2 heterocycles. The Kier molecular flexibility index (Phi) is 5.08. The highest BCUT2D eigenvalue weighted by molar-refractivity contribution is 5.94. The maximum atomic E-state index is 12.7. The van der Waals surface area contributed by atoms with Gasteiger partial charge in [-0.15, -0.1) is 0 Å². The van der Waals surface area contributed by atoms with Crippen LogP contribution in [0.4, 0.5) is 0 Å². The Morgan fingerprint density at radius 2 is 2.16 bits per heavy atom. The van der Waals surface area contributed by atoms with Crippen molar-refractivity contribution in [3.8, 4) is 5.75 Å². The third kappa shape index (κ3) is 3.69. The van der Waals surface area contributed by atoms with Crippen molar-refractivity contribution in [1.82, 2.24) is 15.1 Å². The van der Waals surface area contributed by atoms with Gasteiger partial charge in [0.25, 0.3) is 5.91 Å². The number of rotatable bonds is 5. The number of hydrogen-bond donors (Lipinski definition) is 1. The average molecular weight is 343 g/mol. The second kappa shape index (κ2) is 7.27. The zero-order chi connectivity index (χ0) is 18.0. The quantitative estimate of drug-likeness (QED) is 0.906. The topological polar surface area (TPSA) is 67.5 Å². The first kappa shape index (κ1) is 17.5. The Labute approximate surface area is 148 Å². The summed E-state index contributed by atoms with van der Waals surface area (Å²) in [5.41, 5.74) is 3.46. The molecular weight excluding hydrogens is 318 g/mol. The number of benzene rings is 1. The van der Waals surface area contributed by atoms with Gasteiger partial charge in [0.05, 0.1) is 24.4 Å². The van der Waals surface area contributed by atoms with Gasteiger partial charge in [0, 0.05) is 19.0 Å². The van der Waals surface area contributed by atoms with Crippen LogP contribution in [0.5, 0.6) is 5.75 Å². The first-order valence-corrected chi connectivity index (χ1v) is 8.64. The summed E-state index contributed by atoms with van der Waals surface area (Å²) in [7, 11) is 1.77. The van der Waals surface area contributed by atoms with E-state index in [1.807, 2.05) is 45.0 Å². The Morgan fingerprint density at radius 1 is 1.40 bits per heavy atom. The number of hydrogen-bond acceptors (Lipinski definition) is 4. The molecule has 0 spiro atoms. The molecule has 1 aliphatic rings. The summed E-state index contributed by atoms with van der Waals surface area (Å²) in [5.74, 6) is 0.757. The van der Waals surface area contributed by atoms with Crippen LogP contribution >= 0.6 is 0 Å². The molecule has 6 heteroatoms. The SMILES string of the molecule is Cc1ccccc1OCCN(C)C(=O)c1n[nH]c2c1C[C@@H](C)O[C@H]2C. The molecule has 0 bridgehead atoms. The van der Waals surface area contributed by atoms with Crippen molar-refractivity contribution in [2.45, 2.75) is 39.4 Å². The van der Waals surface area contributed by atoms with Crippen molar-refractivity contribution >= 4 is 5.91 Å². The summed E-state index contributed by atoms with van der Waals surface area (Å²) in [6.07, 6.45) is 0.717. The Balaban J connectivity index is 1.63. The molecule has 1 aliphatic heterocycles. The molecule has 0 radical (unpaired) electrons. The van der Waals surface area contributed by atoms with Gasteiger partial charge >= 0.3 is 0 Å². The lowest BCUT2D eigenvalue weighted by Gasteiger charge is -2.25. The zero-order valence-electron chi connectivity index (χ0n) is 15.2. The van der Waals surface area contributed by atoms with Crippen molar-refractivity contribution in [2.75, 3.05) is 20.2 Å². The lowest BCUT2D eigenvalue weighted by Crippen LogP contribution is -2.32. The Hall–Kier alpha value is -2.34. The van der Waals surface area contributed by atoms with Crippen LogP contribution < -0.4 is 4.74 Å². The maximum absolute atomic E-state index is 12.7. The highest BCUT2D eigenvalue weighted by Gasteiger charge is 2.30. The fraction of sp³-hybridized carbons (Fsp3) is 0.474. The molecule has 0 fully saturated rings. The number of aryl methyl sites for hydroxylation is 1. The lowest BCUT2D eigenvalue weighted by atomic mass is 9.99. The van der Waals surface area contributed by atoms with E-state index in [-0.39, 0.29) is 18.1 Å². The predicted molar refractivity (Wildman–Crippen MR) is 94.9 cm³/mol. The zero-order valence-corrected chi connectivity index (χ0v) is 15.2. The number of amides is 1. The summed E-state index contributed by atoms with van der Waals surface area (Å²) >= 11 is 0. The first-order chi connectivity index (χ1) is 12.0. The summed E-state index contributed by atoms with van der Waals surface area (Å²) in [6, 6.07) is 7.86. The number of ether oxygens (including phenoxy) is 2. The van der Waals surface area contributed by atoms with Crippen molar-refractivity contribution in [1.29, 1.82) is 0 Å².